The van der Waals surface area contributed by atoms with E-state index < -0.39 is 7.82 Å². The number of hydrogen-bond acceptors (Lipinski definition) is 2. The summed E-state index contributed by atoms with van der Waals surface area (Å²) >= 11 is 0. The molecular formula is C18H39O4P. The van der Waals surface area contributed by atoms with Crippen molar-refractivity contribution in [1.82, 2.24) is 0 Å². The minimum absolute atomic E-state index is 0.120. The van der Waals surface area contributed by atoms with Crippen molar-refractivity contribution in [2.24, 2.45) is 11.8 Å². The predicted octanol–water partition coefficient (Wildman–Crippen LogP) is 6.07. The summed E-state index contributed by atoms with van der Waals surface area (Å²) in [6.07, 6.45) is 12.5. The molecule has 5 heteroatoms. The molecule has 0 aliphatic rings. The van der Waals surface area contributed by atoms with E-state index in [1.165, 1.54) is 44.9 Å². The largest absolute Gasteiger partial charge is 0.469 e. The van der Waals surface area contributed by atoms with Gasteiger partial charge in [-0.1, -0.05) is 85.5 Å². The molecule has 0 aliphatic carbocycles. The molecule has 0 radical (unpaired) electrons. The summed E-state index contributed by atoms with van der Waals surface area (Å²) in [5, 5.41) is 0. The lowest BCUT2D eigenvalue weighted by atomic mass is 9.85. The van der Waals surface area contributed by atoms with Gasteiger partial charge in [-0.05, 0) is 24.7 Å². The first-order chi connectivity index (χ1) is 10.8. The number of unbranched alkanes of at least 4 members (excludes halogenated alkanes) is 7. The second kappa shape index (κ2) is 13.4. The molecule has 0 aromatic carbocycles. The molecule has 0 aromatic rings. The van der Waals surface area contributed by atoms with Gasteiger partial charge < -0.3 is 9.79 Å². The van der Waals surface area contributed by atoms with Crippen LogP contribution in [0.15, 0.2) is 0 Å². The Bertz CT molecular complexity index is 314. The molecule has 0 bridgehead atoms. The SMILES string of the molecule is CCCCCCCC(CCCCCC)C(OP(=O)(O)O)C(C)C. The number of rotatable bonds is 15. The van der Waals surface area contributed by atoms with Crippen molar-refractivity contribution in [3.63, 3.8) is 0 Å². The van der Waals surface area contributed by atoms with Crippen molar-refractivity contribution in [2.75, 3.05) is 0 Å². The maximum Gasteiger partial charge on any atom is 0.469 e. The molecule has 140 valence electrons. The molecule has 2 N–H and O–H groups in total. The molecule has 23 heavy (non-hydrogen) atoms. The molecule has 0 spiro atoms. The Morgan fingerprint density at radius 1 is 0.826 bits per heavy atom. The Morgan fingerprint density at radius 2 is 1.26 bits per heavy atom. The summed E-state index contributed by atoms with van der Waals surface area (Å²) in [5.74, 6) is 0.371. The van der Waals surface area contributed by atoms with E-state index in [9.17, 15) is 14.4 Å². The van der Waals surface area contributed by atoms with Crippen LogP contribution in [0.3, 0.4) is 0 Å². The van der Waals surface area contributed by atoms with Gasteiger partial charge in [-0.25, -0.2) is 4.57 Å². The summed E-state index contributed by atoms with van der Waals surface area (Å²) in [4.78, 5) is 18.5. The first-order valence-corrected chi connectivity index (χ1v) is 11.1. The molecule has 0 fully saturated rings. The zero-order chi connectivity index (χ0) is 17.7. The quantitative estimate of drug-likeness (QED) is 0.278. The Morgan fingerprint density at radius 3 is 1.65 bits per heavy atom. The number of hydrogen-bond donors (Lipinski definition) is 2. The summed E-state index contributed by atoms with van der Waals surface area (Å²) in [7, 11) is -4.42. The van der Waals surface area contributed by atoms with Crippen LogP contribution in [0.25, 0.3) is 0 Å². The van der Waals surface area contributed by atoms with Gasteiger partial charge in [0.2, 0.25) is 0 Å². The van der Waals surface area contributed by atoms with Crippen LogP contribution >= 0.6 is 7.82 Å². The third-order valence-corrected chi connectivity index (χ3v) is 5.01. The van der Waals surface area contributed by atoms with Gasteiger partial charge in [0, 0.05) is 0 Å². The van der Waals surface area contributed by atoms with Crippen molar-refractivity contribution in [1.29, 1.82) is 0 Å². The topological polar surface area (TPSA) is 66.8 Å². The van der Waals surface area contributed by atoms with Crippen molar-refractivity contribution < 1.29 is 18.9 Å². The first kappa shape index (κ1) is 23.1. The zero-order valence-corrected chi connectivity index (χ0v) is 16.6. The van der Waals surface area contributed by atoms with Crippen LogP contribution in [-0.2, 0) is 9.09 Å². The molecular weight excluding hydrogens is 311 g/mol. The van der Waals surface area contributed by atoms with Crippen LogP contribution in [0.5, 0.6) is 0 Å². The Hall–Kier alpha value is 0.110. The van der Waals surface area contributed by atoms with Crippen LogP contribution in [0.2, 0.25) is 0 Å². The first-order valence-electron chi connectivity index (χ1n) is 9.55. The normalized spacial score (nSPS) is 15.1. The van der Waals surface area contributed by atoms with Gasteiger partial charge in [-0.15, -0.1) is 0 Å². The lowest BCUT2D eigenvalue weighted by molar-refractivity contribution is 0.0451. The molecule has 0 saturated carbocycles. The van der Waals surface area contributed by atoms with Gasteiger partial charge in [0.05, 0.1) is 6.10 Å². The van der Waals surface area contributed by atoms with Crippen LogP contribution in [0.4, 0.5) is 0 Å². The Labute approximate surface area is 143 Å². The smallest absolute Gasteiger partial charge is 0.303 e. The molecule has 0 heterocycles. The molecule has 2 atom stereocenters. The van der Waals surface area contributed by atoms with E-state index in [1.54, 1.807) is 0 Å². The van der Waals surface area contributed by atoms with Crippen molar-refractivity contribution in [2.45, 2.75) is 104 Å². The molecule has 0 aromatic heterocycles. The highest BCUT2D eigenvalue weighted by atomic mass is 31.2. The van der Waals surface area contributed by atoms with E-state index in [4.69, 9.17) is 4.52 Å². The molecule has 4 nitrogen and oxygen atoms in total. The molecule has 0 amide bonds. The zero-order valence-electron chi connectivity index (χ0n) is 15.7. The third-order valence-electron chi connectivity index (χ3n) is 4.49. The van der Waals surface area contributed by atoms with E-state index >= 15 is 0 Å². The van der Waals surface area contributed by atoms with Gasteiger partial charge in [0.15, 0.2) is 0 Å². The molecule has 0 aliphatic heterocycles. The predicted molar refractivity (Wildman–Crippen MR) is 97.4 cm³/mol. The third kappa shape index (κ3) is 13.1. The van der Waals surface area contributed by atoms with Crippen molar-refractivity contribution >= 4 is 7.82 Å². The fraction of sp³-hybridized carbons (Fsp3) is 1.00. The summed E-state index contributed by atoms with van der Waals surface area (Å²) in [5.41, 5.74) is 0. The Kier molecular flexibility index (Phi) is 13.5. The van der Waals surface area contributed by atoms with Crippen LogP contribution in [0, 0.1) is 11.8 Å². The maximum absolute atomic E-state index is 11.3. The summed E-state index contributed by atoms with van der Waals surface area (Å²) < 4.78 is 16.5. The fourth-order valence-corrected chi connectivity index (χ4v) is 3.96. The van der Waals surface area contributed by atoms with Gasteiger partial charge in [-0.2, -0.15) is 0 Å². The van der Waals surface area contributed by atoms with Crippen molar-refractivity contribution in [3.05, 3.63) is 0 Å². The number of phosphoric ester groups is 1. The molecule has 0 saturated heterocycles. The van der Waals surface area contributed by atoms with Gasteiger partial charge in [0.25, 0.3) is 0 Å². The second-order valence-electron chi connectivity index (χ2n) is 7.12. The minimum Gasteiger partial charge on any atom is -0.303 e. The van der Waals surface area contributed by atoms with E-state index in [0.29, 0.717) is 0 Å². The lowest BCUT2D eigenvalue weighted by Gasteiger charge is -2.30. The summed E-state index contributed by atoms with van der Waals surface area (Å²) in [6.45, 7) is 8.39. The highest BCUT2D eigenvalue weighted by Gasteiger charge is 2.31. The van der Waals surface area contributed by atoms with Crippen LogP contribution in [-0.4, -0.2) is 15.9 Å². The second-order valence-corrected chi connectivity index (χ2v) is 8.31. The average molecular weight is 350 g/mol. The maximum atomic E-state index is 11.3. The number of phosphoric acid groups is 1. The monoisotopic (exact) mass is 350 g/mol. The Balaban J connectivity index is 4.58. The lowest BCUT2D eigenvalue weighted by Crippen LogP contribution is -2.29. The highest BCUT2D eigenvalue weighted by Crippen LogP contribution is 2.42. The minimum atomic E-state index is -4.42. The van der Waals surface area contributed by atoms with Crippen molar-refractivity contribution in [3.8, 4) is 0 Å². The average Bonchev–Trinajstić information content (AvgIpc) is 2.46. The molecule has 0 rings (SSSR count). The van der Waals surface area contributed by atoms with Crippen LogP contribution in [0.1, 0.15) is 98.3 Å². The highest BCUT2D eigenvalue weighted by molar-refractivity contribution is 7.46. The van der Waals surface area contributed by atoms with E-state index in [0.717, 1.165) is 25.7 Å². The standard InChI is InChI=1S/C18H39O4P/c1-5-7-9-11-13-15-17(14-12-10-8-6-2)18(16(3)4)22-23(19,20)21/h16-18H,5-15H2,1-4H3,(H2,19,20,21). The van der Waals surface area contributed by atoms with E-state index in [-0.39, 0.29) is 17.9 Å². The molecule has 2 unspecified atom stereocenters. The summed E-state index contributed by atoms with van der Waals surface area (Å²) in [6, 6.07) is 0. The van der Waals surface area contributed by atoms with Gasteiger partial charge >= 0.3 is 7.82 Å². The van der Waals surface area contributed by atoms with Crippen LogP contribution < -0.4 is 0 Å². The van der Waals surface area contributed by atoms with E-state index in [1.807, 2.05) is 13.8 Å². The van der Waals surface area contributed by atoms with Gasteiger partial charge in [0.1, 0.15) is 0 Å². The fourth-order valence-electron chi connectivity index (χ4n) is 3.23. The van der Waals surface area contributed by atoms with E-state index in [2.05, 4.69) is 13.8 Å². The van der Waals surface area contributed by atoms with Gasteiger partial charge in [-0.3, -0.25) is 4.52 Å².